The van der Waals surface area contributed by atoms with Crippen LogP contribution in [0.15, 0.2) is 0 Å². The number of hydrogen-bond acceptors (Lipinski definition) is 13. The largest absolute Gasteiger partial charge is 0.460 e. The van der Waals surface area contributed by atoms with Gasteiger partial charge in [0.2, 0.25) is 29.5 Å². The SMILES string of the molecule is CC(C)(C)OC(=O)CCCCCCCCCCCCCCCCC(=O)N[C@H](CCC(=O)NCCC(=O)NCCOCCOCC(=O)NCCOCCOCC(N)=O)C(=O)OC(C)(C)C. The Balaban J connectivity index is 4.02. The van der Waals surface area contributed by atoms with Crippen LogP contribution >= 0.6 is 0 Å². The van der Waals surface area contributed by atoms with Crippen LogP contribution < -0.4 is 27.0 Å². The van der Waals surface area contributed by atoms with Crippen molar-refractivity contribution >= 4 is 41.5 Å². The highest BCUT2D eigenvalue weighted by Gasteiger charge is 2.27. The molecule has 0 fully saturated rings. The van der Waals surface area contributed by atoms with Crippen LogP contribution in [-0.2, 0) is 62.0 Å². The van der Waals surface area contributed by atoms with Crippen molar-refractivity contribution in [3.8, 4) is 0 Å². The highest BCUT2D eigenvalue weighted by Crippen LogP contribution is 2.16. The third-order valence-corrected chi connectivity index (χ3v) is 9.17. The maximum atomic E-state index is 12.9. The van der Waals surface area contributed by atoms with E-state index in [1.54, 1.807) is 20.8 Å². The van der Waals surface area contributed by atoms with Gasteiger partial charge in [0.15, 0.2) is 0 Å². The van der Waals surface area contributed by atoms with E-state index in [2.05, 4.69) is 21.3 Å². The molecule has 0 radical (unpaired) electrons. The Morgan fingerprint density at radius 1 is 0.438 bits per heavy atom. The van der Waals surface area contributed by atoms with Crippen LogP contribution in [0.5, 0.6) is 0 Å². The Morgan fingerprint density at radius 3 is 1.36 bits per heavy atom. The number of esters is 2. The molecule has 0 saturated heterocycles. The molecule has 6 N–H and O–H groups in total. The van der Waals surface area contributed by atoms with Crippen molar-refractivity contribution in [3.63, 3.8) is 0 Å². The summed E-state index contributed by atoms with van der Waals surface area (Å²) in [5.74, 6) is -2.44. The third kappa shape index (κ3) is 43.4. The molecular formula is C46H85N5O13. The molecule has 0 aromatic rings. The second-order valence-electron chi connectivity index (χ2n) is 17.8. The van der Waals surface area contributed by atoms with Crippen LogP contribution in [0.1, 0.15) is 164 Å². The summed E-state index contributed by atoms with van der Waals surface area (Å²) in [7, 11) is 0. The number of nitrogens with one attached hydrogen (secondary N) is 4. The highest BCUT2D eigenvalue weighted by molar-refractivity contribution is 5.85. The lowest BCUT2D eigenvalue weighted by Crippen LogP contribution is -2.44. The van der Waals surface area contributed by atoms with Crippen molar-refractivity contribution in [2.24, 2.45) is 5.73 Å². The van der Waals surface area contributed by atoms with Gasteiger partial charge >= 0.3 is 11.9 Å². The van der Waals surface area contributed by atoms with E-state index in [1.807, 2.05) is 20.8 Å². The standard InChI is InChI=1S/C46H85N5O13/c1-45(2,3)63-43(57)22-20-18-16-14-12-10-8-7-9-11-13-15-17-19-21-41(55)51-37(44(58)64-46(4,5)6)23-24-39(53)48-26-25-40(54)49-27-29-59-32-34-62-36-42(56)50-28-30-60-31-33-61-35-38(47)52/h37H,7-36H2,1-6H3,(H2,47,52)(H,48,53)(H,49,54)(H,50,56)(H,51,55)/t37-/m1/s1. The number of primary amides is 1. The van der Waals surface area contributed by atoms with Gasteiger partial charge in [-0.25, -0.2) is 4.79 Å². The van der Waals surface area contributed by atoms with Crippen LogP contribution in [0.25, 0.3) is 0 Å². The fourth-order valence-electron chi connectivity index (χ4n) is 6.08. The van der Waals surface area contributed by atoms with Gasteiger partial charge in [0, 0.05) is 45.3 Å². The molecule has 0 aromatic heterocycles. The van der Waals surface area contributed by atoms with Gasteiger partial charge in [-0.3, -0.25) is 28.8 Å². The fourth-order valence-corrected chi connectivity index (χ4v) is 6.08. The predicted octanol–water partition coefficient (Wildman–Crippen LogP) is 4.47. The van der Waals surface area contributed by atoms with Crippen LogP contribution in [0.3, 0.4) is 0 Å². The molecule has 0 aliphatic heterocycles. The predicted molar refractivity (Wildman–Crippen MR) is 243 cm³/mol. The van der Waals surface area contributed by atoms with Crippen LogP contribution in [0.4, 0.5) is 0 Å². The van der Waals surface area contributed by atoms with Gasteiger partial charge in [0.1, 0.15) is 30.5 Å². The number of hydrogen-bond donors (Lipinski definition) is 5. The van der Waals surface area contributed by atoms with E-state index < -0.39 is 29.1 Å². The molecule has 0 aromatic carbocycles. The molecule has 0 spiro atoms. The van der Waals surface area contributed by atoms with Crippen LogP contribution in [-0.4, -0.2) is 131 Å². The second-order valence-corrected chi connectivity index (χ2v) is 17.8. The molecule has 0 unspecified atom stereocenters. The van der Waals surface area contributed by atoms with E-state index in [0.717, 1.165) is 38.5 Å². The summed E-state index contributed by atoms with van der Waals surface area (Å²) in [5.41, 5.74) is 3.78. The smallest absolute Gasteiger partial charge is 0.329 e. The van der Waals surface area contributed by atoms with E-state index in [0.29, 0.717) is 19.4 Å². The zero-order chi connectivity index (χ0) is 47.9. The third-order valence-electron chi connectivity index (χ3n) is 9.17. The van der Waals surface area contributed by atoms with Gasteiger partial charge in [-0.15, -0.1) is 0 Å². The van der Waals surface area contributed by atoms with Gasteiger partial charge in [0.05, 0.1) is 39.6 Å². The topological polar surface area (TPSA) is 249 Å². The Bertz CT molecular complexity index is 1300. The summed E-state index contributed by atoms with van der Waals surface area (Å²) >= 11 is 0. The molecule has 0 saturated carbocycles. The maximum Gasteiger partial charge on any atom is 0.329 e. The molecular weight excluding hydrogens is 831 g/mol. The Morgan fingerprint density at radius 2 is 0.859 bits per heavy atom. The van der Waals surface area contributed by atoms with Gasteiger partial charge in [0.25, 0.3) is 0 Å². The molecule has 0 heterocycles. The minimum Gasteiger partial charge on any atom is -0.460 e. The number of unbranched alkanes of at least 4 members (excludes halogenated alkanes) is 13. The van der Waals surface area contributed by atoms with Crippen LogP contribution in [0.2, 0.25) is 0 Å². The van der Waals surface area contributed by atoms with Crippen molar-refractivity contribution in [1.29, 1.82) is 0 Å². The number of carbonyl (C=O) groups is 7. The molecule has 0 aliphatic carbocycles. The lowest BCUT2D eigenvalue weighted by atomic mass is 10.0. The zero-order valence-corrected chi connectivity index (χ0v) is 40.2. The average molecular weight is 916 g/mol. The first-order valence-corrected chi connectivity index (χ1v) is 23.5. The number of amides is 5. The van der Waals surface area contributed by atoms with E-state index >= 15 is 0 Å². The van der Waals surface area contributed by atoms with Crippen molar-refractivity contribution in [1.82, 2.24) is 21.3 Å². The van der Waals surface area contributed by atoms with Crippen molar-refractivity contribution in [3.05, 3.63) is 0 Å². The molecule has 0 aliphatic rings. The minimum absolute atomic E-state index is 0.0359. The number of rotatable bonds is 41. The summed E-state index contributed by atoms with van der Waals surface area (Å²) in [4.78, 5) is 84.5. The second kappa shape index (κ2) is 38.4. The summed E-state index contributed by atoms with van der Waals surface area (Å²) in [6.07, 6.45) is 16.4. The summed E-state index contributed by atoms with van der Waals surface area (Å²) in [6.45, 7) is 12.7. The van der Waals surface area contributed by atoms with Crippen molar-refractivity contribution in [2.45, 2.75) is 181 Å². The summed E-state index contributed by atoms with van der Waals surface area (Å²) in [5, 5.41) is 10.8. The van der Waals surface area contributed by atoms with E-state index in [-0.39, 0.29) is 121 Å². The first kappa shape index (κ1) is 60.1. The molecule has 18 heteroatoms. The maximum absolute atomic E-state index is 12.9. The van der Waals surface area contributed by atoms with Crippen molar-refractivity contribution in [2.75, 3.05) is 72.5 Å². The van der Waals surface area contributed by atoms with Gasteiger partial charge < -0.3 is 55.4 Å². The molecule has 5 amide bonds. The Labute approximate surface area is 383 Å². The normalized spacial score (nSPS) is 12.0. The molecule has 64 heavy (non-hydrogen) atoms. The molecule has 1 atom stereocenters. The number of ether oxygens (including phenoxy) is 6. The minimum atomic E-state index is -0.966. The zero-order valence-electron chi connectivity index (χ0n) is 40.2. The number of carbonyl (C=O) groups excluding carboxylic acids is 7. The Hall–Kier alpha value is -3.87. The summed E-state index contributed by atoms with van der Waals surface area (Å²) < 4.78 is 31.7. The van der Waals surface area contributed by atoms with Gasteiger partial charge in [-0.05, 0) is 60.8 Å². The lowest BCUT2D eigenvalue weighted by Gasteiger charge is -2.24. The monoisotopic (exact) mass is 916 g/mol. The van der Waals surface area contributed by atoms with Gasteiger partial charge in [-0.2, -0.15) is 0 Å². The number of nitrogens with two attached hydrogens (primary N) is 1. The molecule has 18 nitrogen and oxygen atoms in total. The fraction of sp³-hybridized carbons (Fsp3) is 0.848. The molecule has 0 bridgehead atoms. The average Bonchev–Trinajstić information content (AvgIpc) is 3.19. The lowest BCUT2D eigenvalue weighted by molar-refractivity contribution is -0.159. The van der Waals surface area contributed by atoms with E-state index in [4.69, 9.17) is 34.2 Å². The Kier molecular flexibility index (Phi) is 36.1. The molecule has 372 valence electrons. The first-order valence-electron chi connectivity index (χ1n) is 23.5. The van der Waals surface area contributed by atoms with Gasteiger partial charge in [-0.1, -0.05) is 77.0 Å². The van der Waals surface area contributed by atoms with Crippen LogP contribution in [0, 0.1) is 0 Å². The highest BCUT2D eigenvalue weighted by atomic mass is 16.6. The molecule has 0 rings (SSSR count). The summed E-state index contributed by atoms with van der Waals surface area (Å²) in [6, 6.07) is -0.966. The quantitative estimate of drug-likeness (QED) is 0.0420. The van der Waals surface area contributed by atoms with E-state index in [1.165, 1.54) is 44.9 Å². The van der Waals surface area contributed by atoms with E-state index in [9.17, 15) is 33.6 Å². The van der Waals surface area contributed by atoms with Crippen molar-refractivity contribution < 1.29 is 62.0 Å². The first-order chi connectivity index (χ1) is 30.4.